The summed E-state index contributed by atoms with van der Waals surface area (Å²) < 4.78 is 5.29. The van der Waals surface area contributed by atoms with E-state index in [-0.39, 0.29) is 5.91 Å². The van der Waals surface area contributed by atoms with Gasteiger partial charge in [-0.1, -0.05) is 30.3 Å². The molecule has 0 aliphatic heterocycles. The summed E-state index contributed by atoms with van der Waals surface area (Å²) in [6.07, 6.45) is 0. The van der Waals surface area contributed by atoms with E-state index >= 15 is 0 Å². The number of aryl methyl sites for hydroxylation is 1. The summed E-state index contributed by atoms with van der Waals surface area (Å²) in [5, 5.41) is 11.1. The van der Waals surface area contributed by atoms with Gasteiger partial charge < -0.3 is 10.1 Å². The van der Waals surface area contributed by atoms with Crippen LogP contribution in [0, 0.1) is 6.92 Å². The molecule has 0 unspecified atom stereocenters. The van der Waals surface area contributed by atoms with Crippen LogP contribution in [0.3, 0.4) is 0 Å². The van der Waals surface area contributed by atoms with Gasteiger partial charge in [0, 0.05) is 22.9 Å². The van der Waals surface area contributed by atoms with E-state index in [9.17, 15) is 4.79 Å². The van der Waals surface area contributed by atoms with Crippen molar-refractivity contribution in [3.05, 3.63) is 71.8 Å². The van der Waals surface area contributed by atoms with Gasteiger partial charge in [0.05, 0.1) is 12.3 Å². The van der Waals surface area contributed by atoms with Gasteiger partial charge in [0.25, 0.3) is 5.91 Å². The molecule has 25 heavy (non-hydrogen) atoms. The zero-order valence-corrected chi connectivity index (χ0v) is 14.2. The maximum atomic E-state index is 12.3. The van der Waals surface area contributed by atoms with Crippen LogP contribution in [0.2, 0.25) is 0 Å². The van der Waals surface area contributed by atoms with E-state index in [1.165, 1.54) is 0 Å². The lowest BCUT2D eigenvalue weighted by atomic mass is 10.1. The maximum absolute atomic E-state index is 12.3. The summed E-state index contributed by atoms with van der Waals surface area (Å²) in [5.41, 5.74) is 4.02. The Balaban J connectivity index is 1.72. The summed E-state index contributed by atoms with van der Waals surface area (Å²) in [6.45, 7) is 4.38. The highest BCUT2D eigenvalue weighted by molar-refractivity contribution is 6.05. The molecule has 1 N–H and O–H groups in total. The Morgan fingerprint density at radius 2 is 1.76 bits per heavy atom. The highest BCUT2D eigenvalue weighted by atomic mass is 16.5. The number of anilines is 1. The minimum atomic E-state index is -0.119. The van der Waals surface area contributed by atoms with E-state index in [1.807, 2.05) is 68.4 Å². The van der Waals surface area contributed by atoms with Gasteiger partial charge in [-0.2, -0.15) is 0 Å². The van der Waals surface area contributed by atoms with E-state index < -0.39 is 0 Å². The first-order chi connectivity index (χ1) is 12.2. The molecule has 3 rings (SSSR count). The number of ether oxygens (including phenoxy) is 1. The molecule has 0 radical (unpaired) electrons. The van der Waals surface area contributed by atoms with E-state index in [2.05, 4.69) is 15.5 Å². The maximum Gasteiger partial charge on any atom is 0.255 e. The van der Waals surface area contributed by atoms with Crippen LogP contribution in [0.5, 0.6) is 5.88 Å². The second-order valence-electron chi connectivity index (χ2n) is 5.54. The largest absolute Gasteiger partial charge is 0.477 e. The Morgan fingerprint density at radius 3 is 2.40 bits per heavy atom. The van der Waals surface area contributed by atoms with Crippen molar-refractivity contribution in [1.29, 1.82) is 0 Å². The first-order valence-electron chi connectivity index (χ1n) is 8.11. The minimum absolute atomic E-state index is 0.119. The SMILES string of the molecule is CCOc1ccc(-c2ccc(NC(=O)c3ccccc3C)cc2)nn1. The van der Waals surface area contributed by atoms with Crippen molar-refractivity contribution in [3.63, 3.8) is 0 Å². The van der Waals surface area contributed by atoms with Crippen LogP contribution in [0.25, 0.3) is 11.3 Å². The molecule has 0 saturated heterocycles. The van der Waals surface area contributed by atoms with Crippen LogP contribution in [-0.4, -0.2) is 22.7 Å². The molecule has 0 atom stereocenters. The molecule has 1 amide bonds. The smallest absolute Gasteiger partial charge is 0.255 e. The van der Waals surface area contributed by atoms with Gasteiger partial charge >= 0.3 is 0 Å². The van der Waals surface area contributed by atoms with E-state index in [0.717, 1.165) is 22.5 Å². The molecule has 0 fully saturated rings. The van der Waals surface area contributed by atoms with Crippen LogP contribution in [0.4, 0.5) is 5.69 Å². The highest BCUT2D eigenvalue weighted by Crippen LogP contribution is 2.21. The van der Waals surface area contributed by atoms with Crippen molar-refractivity contribution in [1.82, 2.24) is 10.2 Å². The Hall–Kier alpha value is -3.21. The average molecular weight is 333 g/mol. The third-order valence-electron chi connectivity index (χ3n) is 3.76. The molecule has 1 aromatic heterocycles. The van der Waals surface area contributed by atoms with Crippen LogP contribution in [0.1, 0.15) is 22.8 Å². The number of rotatable bonds is 5. The van der Waals surface area contributed by atoms with E-state index in [1.54, 1.807) is 6.07 Å². The number of nitrogens with zero attached hydrogens (tertiary/aromatic N) is 2. The molecule has 0 bridgehead atoms. The fourth-order valence-electron chi connectivity index (χ4n) is 2.45. The fraction of sp³-hybridized carbons (Fsp3) is 0.150. The zero-order chi connectivity index (χ0) is 17.6. The number of carbonyl (C=O) groups excluding carboxylic acids is 1. The van der Waals surface area contributed by atoms with E-state index in [0.29, 0.717) is 18.1 Å². The molecule has 0 saturated carbocycles. The number of hydrogen-bond donors (Lipinski definition) is 1. The zero-order valence-electron chi connectivity index (χ0n) is 14.2. The fourth-order valence-corrected chi connectivity index (χ4v) is 2.45. The van der Waals surface area contributed by atoms with Gasteiger partial charge in [-0.25, -0.2) is 0 Å². The number of carbonyl (C=O) groups is 1. The number of amides is 1. The summed E-state index contributed by atoms with van der Waals surface area (Å²) in [5.74, 6) is 0.389. The monoisotopic (exact) mass is 333 g/mol. The first-order valence-corrected chi connectivity index (χ1v) is 8.11. The average Bonchev–Trinajstić information content (AvgIpc) is 2.64. The minimum Gasteiger partial charge on any atom is -0.477 e. The summed E-state index contributed by atoms with van der Waals surface area (Å²) in [4.78, 5) is 12.3. The lowest BCUT2D eigenvalue weighted by Crippen LogP contribution is -2.13. The number of benzene rings is 2. The summed E-state index contributed by atoms with van der Waals surface area (Å²) in [7, 11) is 0. The van der Waals surface area contributed by atoms with Gasteiger partial charge in [-0.05, 0) is 43.7 Å². The molecule has 1 heterocycles. The van der Waals surface area contributed by atoms with E-state index in [4.69, 9.17) is 4.74 Å². The molecule has 3 aromatic rings. The Bertz CT molecular complexity index is 859. The molecular weight excluding hydrogens is 314 g/mol. The molecule has 5 heteroatoms. The lowest BCUT2D eigenvalue weighted by Gasteiger charge is -2.08. The van der Waals surface area contributed by atoms with Crippen LogP contribution >= 0.6 is 0 Å². The number of aromatic nitrogens is 2. The molecule has 0 aliphatic rings. The second-order valence-corrected chi connectivity index (χ2v) is 5.54. The van der Waals surface area contributed by atoms with Crippen LogP contribution in [0.15, 0.2) is 60.7 Å². The van der Waals surface area contributed by atoms with Crippen molar-refractivity contribution in [2.45, 2.75) is 13.8 Å². The highest BCUT2D eigenvalue weighted by Gasteiger charge is 2.09. The summed E-state index contributed by atoms with van der Waals surface area (Å²) >= 11 is 0. The standard InChI is InChI=1S/C20H19N3O2/c1-3-25-19-13-12-18(22-23-19)15-8-10-16(11-9-15)21-20(24)17-7-5-4-6-14(17)2/h4-13H,3H2,1-2H3,(H,21,24). The van der Waals surface area contributed by atoms with Crippen molar-refractivity contribution in [2.24, 2.45) is 0 Å². The molecular formula is C20H19N3O2. The van der Waals surface area contributed by atoms with Crippen molar-refractivity contribution >= 4 is 11.6 Å². The lowest BCUT2D eigenvalue weighted by molar-refractivity contribution is 0.102. The predicted molar refractivity (Wildman–Crippen MR) is 97.8 cm³/mol. The van der Waals surface area contributed by atoms with Crippen LogP contribution in [-0.2, 0) is 0 Å². The first kappa shape index (κ1) is 16.6. The normalized spacial score (nSPS) is 10.3. The molecule has 0 spiro atoms. The van der Waals surface area contributed by atoms with Gasteiger partial charge in [0.15, 0.2) is 0 Å². The van der Waals surface area contributed by atoms with Crippen molar-refractivity contribution in [2.75, 3.05) is 11.9 Å². The Kier molecular flexibility index (Phi) is 5.04. The Labute approximate surface area is 146 Å². The predicted octanol–water partition coefficient (Wildman–Crippen LogP) is 4.10. The summed E-state index contributed by atoms with van der Waals surface area (Å²) in [6, 6.07) is 18.7. The van der Waals surface area contributed by atoms with Crippen molar-refractivity contribution in [3.8, 4) is 17.1 Å². The van der Waals surface area contributed by atoms with Gasteiger partial charge in [-0.3, -0.25) is 4.79 Å². The molecule has 0 aliphatic carbocycles. The quantitative estimate of drug-likeness (QED) is 0.763. The Morgan fingerprint density at radius 1 is 1.00 bits per heavy atom. The second kappa shape index (κ2) is 7.57. The van der Waals surface area contributed by atoms with Crippen molar-refractivity contribution < 1.29 is 9.53 Å². The van der Waals surface area contributed by atoms with Gasteiger partial charge in [0.1, 0.15) is 0 Å². The number of nitrogens with one attached hydrogen (secondary N) is 1. The molecule has 2 aromatic carbocycles. The number of hydrogen-bond acceptors (Lipinski definition) is 4. The van der Waals surface area contributed by atoms with Crippen LogP contribution < -0.4 is 10.1 Å². The van der Waals surface area contributed by atoms with Gasteiger partial charge in [-0.15, -0.1) is 10.2 Å². The van der Waals surface area contributed by atoms with Gasteiger partial charge in [0.2, 0.25) is 5.88 Å². The third-order valence-corrected chi connectivity index (χ3v) is 3.76. The molecule has 5 nitrogen and oxygen atoms in total. The molecule has 126 valence electrons. The topological polar surface area (TPSA) is 64.1 Å². The third kappa shape index (κ3) is 4.01.